The van der Waals surface area contributed by atoms with Gasteiger partial charge in [0, 0.05) is 0 Å². The minimum absolute atomic E-state index is 0.600. The summed E-state index contributed by atoms with van der Waals surface area (Å²) in [6, 6.07) is 25.6. The minimum atomic E-state index is -2.81. The highest BCUT2D eigenvalue weighted by molar-refractivity contribution is 7.12. The van der Waals surface area contributed by atoms with Crippen LogP contribution in [-0.2, 0) is 38.5 Å². The van der Waals surface area contributed by atoms with Crippen molar-refractivity contribution in [3.63, 3.8) is 0 Å². The van der Waals surface area contributed by atoms with Crippen LogP contribution in [0.2, 0.25) is 5.54 Å². The molecule has 0 spiro atoms. The summed E-state index contributed by atoms with van der Waals surface area (Å²) in [5, 5.41) is 5.40. The average molecular weight is 938 g/mol. The lowest BCUT2D eigenvalue weighted by molar-refractivity contribution is 0.247. The van der Waals surface area contributed by atoms with Crippen molar-refractivity contribution in [1.82, 2.24) is 0 Å². The van der Waals surface area contributed by atoms with Crippen LogP contribution in [0.4, 0.5) is 0 Å². The molecule has 3 aliphatic rings. The summed E-state index contributed by atoms with van der Waals surface area (Å²) in [5.74, 6) is 2.84. The molecule has 2 saturated carbocycles. The zero-order valence-corrected chi connectivity index (χ0v) is 46.4. The molecule has 0 nitrogen and oxygen atoms in total. The number of unbranched alkanes of at least 4 members (excludes halogenated alkanes) is 18. The van der Waals surface area contributed by atoms with Crippen LogP contribution in [0.1, 0.15) is 255 Å². The molecule has 0 radical (unpaired) electrons. The Bertz CT molecular complexity index is 1660. The Morgan fingerprint density at radius 2 is 0.603 bits per heavy atom. The molecule has 6 rings (SSSR count). The molecule has 5 atom stereocenters. The summed E-state index contributed by atoms with van der Waals surface area (Å²) < 4.78 is 0. The standard InChI is InChI=1S/C67H104Si/c1-7-13-19-25-35-54-45-55(36-26-20-14-8-2)49-60(48-54)68(67-65-43-33-31-41-63(65)64-42-32-34-44-66(64)67,61-50-56(37-27-21-15-9-3)46-57(51-61)38-28-22-16-10-4)62-52-58(39-29-23-17-11-5)47-59(53-62)40-30-24-18-12-6/h31,33,41,43,45-53,63-67H,7-30,32,34-40,42,44H2,1-6H3. The van der Waals surface area contributed by atoms with E-state index in [0.717, 1.165) is 11.8 Å². The van der Waals surface area contributed by atoms with Crippen LogP contribution in [-0.4, -0.2) is 8.07 Å². The average Bonchev–Trinajstić information content (AvgIpc) is 3.69. The van der Waals surface area contributed by atoms with Crippen molar-refractivity contribution in [3.05, 3.63) is 112 Å². The van der Waals surface area contributed by atoms with Crippen molar-refractivity contribution < 1.29 is 0 Å². The molecule has 3 aromatic carbocycles. The van der Waals surface area contributed by atoms with E-state index in [1.165, 1.54) is 218 Å². The van der Waals surface area contributed by atoms with Gasteiger partial charge in [0.15, 0.2) is 8.07 Å². The lowest BCUT2D eigenvalue weighted by Gasteiger charge is -2.46. The van der Waals surface area contributed by atoms with Gasteiger partial charge in [0.2, 0.25) is 0 Å². The Balaban J connectivity index is 1.71. The highest BCUT2D eigenvalue weighted by atomic mass is 28.3. The van der Waals surface area contributed by atoms with E-state index in [0.29, 0.717) is 17.4 Å². The maximum Gasteiger partial charge on any atom is 0.152 e. The van der Waals surface area contributed by atoms with Crippen LogP contribution in [0.15, 0.2) is 78.9 Å². The summed E-state index contributed by atoms with van der Waals surface area (Å²) in [6.45, 7) is 14.3. The SMILES string of the molecule is CCCCCCc1cc(CCCCCC)cc([Si](c2cc(CCCCCC)cc(CCCCCC)c2)(c2cc(CCCCCC)cc(CCCCCC)c2)C2C3C=CC=CC3C3CCCCC32)c1. The lowest BCUT2D eigenvalue weighted by atomic mass is 9.77. The first-order valence-electron chi connectivity index (χ1n) is 30.2. The molecule has 0 heterocycles. The fourth-order valence-corrected chi connectivity index (χ4v) is 20.5. The zero-order chi connectivity index (χ0) is 47.8. The molecule has 68 heavy (non-hydrogen) atoms. The molecule has 0 aromatic heterocycles. The van der Waals surface area contributed by atoms with Crippen molar-refractivity contribution >= 4 is 23.6 Å². The molecule has 3 aliphatic carbocycles. The molecule has 0 aliphatic heterocycles. The molecule has 3 aromatic rings. The van der Waals surface area contributed by atoms with Crippen LogP contribution in [0.25, 0.3) is 0 Å². The fraction of sp³-hybridized carbons (Fsp3) is 0.672. The van der Waals surface area contributed by atoms with Crippen LogP contribution in [0.3, 0.4) is 0 Å². The Kier molecular flexibility index (Phi) is 24.4. The third kappa shape index (κ3) is 15.2. The third-order valence-corrected chi connectivity index (χ3v) is 22.8. The number of allylic oxidation sites excluding steroid dienone is 4. The molecule has 0 bridgehead atoms. The maximum atomic E-state index is 2.91. The maximum absolute atomic E-state index is 2.91. The predicted molar refractivity (Wildman–Crippen MR) is 306 cm³/mol. The first-order valence-corrected chi connectivity index (χ1v) is 32.3. The Hall–Kier alpha value is -2.64. The summed E-state index contributed by atoms with van der Waals surface area (Å²) in [5.41, 5.74) is 10.6. The monoisotopic (exact) mass is 937 g/mol. The number of fused-ring (bicyclic) bond motifs is 3. The summed E-state index contributed by atoms with van der Waals surface area (Å²) in [7, 11) is -2.81. The second-order valence-electron chi connectivity index (χ2n) is 22.8. The first-order chi connectivity index (χ1) is 33.5. The van der Waals surface area contributed by atoms with E-state index in [4.69, 9.17) is 0 Å². The second-order valence-corrected chi connectivity index (χ2v) is 26.9. The van der Waals surface area contributed by atoms with E-state index in [1.54, 1.807) is 48.9 Å². The number of hydrogen-bond donors (Lipinski definition) is 0. The Morgan fingerprint density at radius 3 is 0.897 bits per heavy atom. The van der Waals surface area contributed by atoms with Gasteiger partial charge in [0.05, 0.1) is 0 Å². The van der Waals surface area contributed by atoms with Gasteiger partial charge in [-0.25, -0.2) is 0 Å². The first kappa shape index (κ1) is 54.7. The smallest absolute Gasteiger partial charge is 0.0808 e. The Morgan fingerprint density at radius 1 is 0.324 bits per heavy atom. The van der Waals surface area contributed by atoms with Gasteiger partial charge in [-0.05, 0) is 162 Å². The van der Waals surface area contributed by atoms with Gasteiger partial charge in [0.1, 0.15) is 0 Å². The van der Waals surface area contributed by atoms with Gasteiger partial charge in [-0.3, -0.25) is 0 Å². The molecular weight excluding hydrogens is 833 g/mol. The highest BCUT2D eigenvalue weighted by Gasteiger charge is 2.60. The third-order valence-electron chi connectivity index (χ3n) is 17.4. The predicted octanol–water partition coefficient (Wildman–Crippen LogP) is 18.4. The number of benzene rings is 3. The fourth-order valence-electron chi connectivity index (χ4n) is 13.9. The van der Waals surface area contributed by atoms with Crippen LogP contribution < -0.4 is 15.6 Å². The topological polar surface area (TPSA) is 0 Å². The van der Waals surface area contributed by atoms with E-state index in [9.17, 15) is 0 Å². The second kappa shape index (κ2) is 30.3. The highest BCUT2D eigenvalue weighted by Crippen LogP contribution is 2.60. The molecule has 0 saturated heterocycles. The molecule has 5 unspecified atom stereocenters. The van der Waals surface area contributed by atoms with Crippen LogP contribution in [0.5, 0.6) is 0 Å². The lowest BCUT2D eigenvalue weighted by Crippen LogP contribution is -2.72. The van der Waals surface area contributed by atoms with Crippen molar-refractivity contribution in [1.29, 1.82) is 0 Å². The zero-order valence-electron chi connectivity index (χ0n) is 45.4. The van der Waals surface area contributed by atoms with Gasteiger partial charge < -0.3 is 0 Å². The molecule has 0 N–H and O–H groups in total. The van der Waals surface area contributed by atoms with Crippen molar-refractivity contribution in [2.45, 2.75) is 265 Å². The van der Waals surface area contributed by atoms with E-state index < -0.39 is 8.07 Å². The Labute approximate surface area is 422 Å². The summed E-state index contributed by atoms with van der Waals surface area (Å²) in [4.78, 5) is 0. The van der Waals surface area contributed by atoms with Crippen LogP contribution >= 0.6 is 0 Å². The van der Waals surface area contributed by atoms with Crippen molar-refractivity contribution in [3.8, 4) is 0 Å². The number of aryl methyl sites for hydroxylation is 6. The van der Waals surface area contributed by atoms with Crippen molar-refractivity contribution in [2.75, 3.05) is 0 Å². The van der Waals surface area contributed by atoms with Gasteiger partial charge in [0.25, 0.3) is 0 Å². The molecule has 1 heteroatoms. The normalized spacial score (nSPS) is 20.0. The van der Waals surface area contributed by atoms with Gasteiger partial charge >= 0.3 is 0 Å². The molecule has 0 amide bonds. The minimum Gasteiger partial charge on any atom is -0.0808 e. The van der Waals surface area contributed by atoms with E-state index >= 15 is 0 Å². The van der Waals surface area contributed by atoms with Gasteiger partial charge in [-0.2, -0.15) is 0 Å². The van der Waals surface area contributed by atoms with Gasteiger partial charge in [-0.15, -0.1) is 0 Å². The van der Waals surface area contributed by atoms with E-state index in [1.807, 2.05) is 0 Å². The van der Waals surface area contributed by atoms with E-state index in [2.05, 4.69) is 120 Å². The quantitative estimate of drug-likeness (QED) is 0.0318. The summed E-state index contributed by atoms with van der Waals surface area (Å²) >= 11 is 0. The summed E-state index contributed by atoms with van der Waals surface area (Å²) in [6.07, 6.45) is 55.5. The van der Waals surface area contributed by atoms with E-state index in [-0.39, 0.29) is 0 Å². The number of hydrogen-bond acceptors (Lipinski definition) is 0. The molecular formula is C67H104Si. The molecule has 376 valence electrons. The van der Waals surface area contributed by atoms with Crippen molar-refractivity contribution in [2.24, 2.45) is 23.7 Å². The van der Waals surface area contributed by atoms with Crippen LogP contribution in [0, 0.1) is 23.7 Å². The van der Waals surface area contributed by atoms with Gasteiger partial charge in [-0.1, -0.05) is 255 Å². The molecule has 2 fully saturated rings. The largest absolute Gasteiger partial charge is 0.152 e. The number of rotatable bonds is 34.